The maximum absolute atomic E-state index is 12.2. The zero-order chi connectivity index (χ0) is 22.1. The summed E-state index contributed by atoms with van der Waals surface area (Å²) in [6, 6.07) is 7.74. The first-order valence-electron chi connectivity index (χ1n) is 10.8. The highest BCUT2D eigenvalue weighted by atomic mass is 127. The van der Waals surface area contributed by atoms with Gasteiger partial charge in [0.1, 0.15) is 0 Å². The van der Waals surface area contributed by atoms with E-state index in [1.165, 1.54) is 0 Å². The standard InChI is InChI=1S/C22H36N6O2.HI/c1-6-23-21(26-19-11-12-28(14-19)20(29)15(2)3)24-13-17-7-9-18(10-8-17)27-22(30)25-16(4)5;/h7-10,15-16,19H,6,11-14H2,1-5H3,(H2,23,24,26)(H2,25,27,30);1H. The van der Waals surface area contributed by atoms with Gasteiger partial charge in [0.05, 0.1) is 6.54 Å². The summed E-state index contributed by atoms with van der Waals surface area (Å²) in [5.41, 5.74) is 1.79. The van der Waals surface area contributed by atoms with Gasteiger partial charge in [-0.1, -0.05) is 26.0 Å². The van der Waals surface area contributed by atoms with Crippen LogP contribution in [0.2, 0.25) is 0 Å². The molecule has 4 N–H and O–H groups in total. The molecule has 9 heteroatoms. The number of rotatable bonds is 7. The number of anilines is 1. The van der Waals surface area contributed by atoms with E-state index in [9.17, 15) is 9.59 Å². The lowest BCUT2D eigenvalue weighted by Crippen LogP contribution is -2.45. The van der Waals surface area contributed by atoms with Gasteiger partial charge in [0.2, 0.25) is 5.91 Å². The smallest absolute Gasteiger partial charge is 0.319 e. The Kier molecular flexibility index (Phi) is 11.7. The van der Waals surface area contributed by atoms with E-state index in [0.717, 1.165) is 36.7 Å². The lowest BCUT2D eigenvalue weighted by molar-refractivity contribution is -0.133. The summed E-state index contributed by atoms with van der Waals surface area (Å²) in [5.74, 6) is 0.983. The second-order valence-corrected chi connectivity index (χ2v) is 8.21. The maximum Gasteiger partial charge on any atom is 0.319 e. The van der Waals surface area contributed by atoms with E-state index in [-0.39, 0.29) is 53.9 Å². The molecule has 1 unspecified atom stereocenters. The highest BCUT2D eigenvalue weighted by molar-refractivity contribution is 14.0. The van der Waals surface area contributed by atoms with Crippen molar-refractivity contribution in [2.45, 2.75) is 59.7 Å². The summed E-state index contributed by atoms with van der Waals surface area (Å²) in [5, 5.41) is 12.3. The Morgan fingerprint density at radius 1 is 1.16 bits per heavy atom. The average Bonchev–Trinajstić information content (AvgIpc) is 3.14. The number of carbonyl (C=O) groups is 2. The van der Waals surface area contributed by atoms with Crippen LogP contribution in [0.25, 0.3) is 0 Å². The topological polar surface area (TPSA) is 97.9 Å². The Hall–Kier alpha value is -2.04. The number of nitrogens with zero attached hydrogens (tertiary/aromatic N) is 2. The van der Waals surface area contributed by atoms with Gasteiger partial charge in [-0.15, -0.1) is 24.0 Å². The number of amides is 3. The zero-order valence-corrected chi connectivity index (χ0v) is 21.5. The van der Waals surface area contributed by atoms with Crippen molar-refractivity contribution < 1.29 is 9.59 Å². The molecule has 8 nitrogen and oxygen atoms in total. The fourth-order valence-corrected chi connectivity index (χ4v) is 3.25. The van der Waals surface area contributed by atoms with E-state index in [1.807, 2.05) is 63.8 Å². The van der Waals surface area contributed by atoms with Gasteiger partial charge in [-0.25, -0.2) is 9.79 Å². The molecule has 0 aromatic heterocycles. The van der Waals surface area contributed by atoms with Crippen LogP contribution >= 0.6 is 24.0 Å². The Morgan fingerprint density at radius 3 is 2.42 bits per heavy atom. The molecule has 1 aromatic rings. The highest BCUT2D eigenvalue weighted by Crippen LogP contribution is 2.13. The molecule has 31 heavy (non-hydrogen) atoms. The third-order valence-electron chi connectivity index (χ3n) is 4.73. The number of hydrogen-bond donors (Lipinski definition) is 4. The molecule has 174 valence electrons. The van der Waals surface area contributed by atoms with Crippen LogP contribution in [0.3, 0.4) is 0 Å². The van der Waals surface area contributed by atoms with Crippen LogP contribution in [0.5, 0.6) is 0 Å². The first-order valence-corrected chi connectivity index (χ1v) is 10.8. The van der Waals surface area contributed by atoms with E-state index >= 15 is 0 Å². The fraction of sp³-hybridized carbons (Fsp3) is 0.591. The fourth-order valence-electron chi connectivity index (χ4n) is 3.25. The van der Waals surface area contributed by atoms with Gasteiger partial charge in [-0.3, -0.25) is 4.79 Å². The summed E-state index contributed by atoms with van der Waals surface area (Å²) < 4.78 is 0. The molecule has 0 aliphatic carbocycles. The summed E-state index contributed by atoms with van der Waals surface area (Å²) >= 11 is 0. The maximum atomic E-state index is 12.2. The van der Waals surface area contributed by atoms with Gasteiger partial charge in [0.15, 0.2) is 5.96 Å². The minimum Gasteiger partial charge on any atom is -0.357 e. The second-order valence-electron chi connectivity index (χ2n) is 8.21. The van der Waals surface area contributed by atoms with Gasteiger partial charge in [-0.2, -0.15) is 0 Å². The van der Waals surface area contributed by atoms with Gasteiger partial charge in [-0.05, 0) is 44.9 Å². The molecule has 1 atom stereocenters. The molecular weight excluding hydrogens is 507 g/mol. The van der Waals surface area contributed by atoms with Crippen LogP contribution in [-0.4, -0.2) is 54.5 Å². The van der Waals surface area contributed by atoms with E-state index in [4.69, 9.17) is 0 Å². The third kappa shape index (κ3) is 9.32. The SMILES string of the molecule is CCNC(=NCc1ccc(NC(=O)NC(C)C)cc1)NC1CCN(C(=O)C(C)C)C1.I. The molecule has 1 aliphatic heterocycles. The summed E-state index contributed by atoms with van der Waals surface area (Å²) in [4.78, 5) is 30.6. The lowest BCUT2D eigenvalue weighted by Gasteiger charge is -2.20. The molecule has 1 heterocycles. The minimum atomic E-state index is -0.212. The van der Waals surface area contributed by atoms with Crippen LogP contribution in [0.1, 0.15) is 46.6 Å². The largest absolute Gasteiger partial charge is 0.357 e. The monoisotopic (exact) mass is 544 g/mol. The van der Waals surface area contributed by atoms with Crippen molar-refractivity contribution in [2.75, 3.05) is 25.0 Å². The molecule has 0 saturated carbocycles. The molecule has 0 spiro atoms. The summed E-state index contributed by atoms with van der Waals surface area (Å²) in [6.07, 6.45) is 0.918. The van der Waals surface area contributed by atoms with E-state index in [1.54, 1.807) is 0 Å². The Balaban J connectivity index is 0.00000480. The molecule has 0 radical (unpaired) electrons. The molecule has 1 aliphatic rings. The Morgan fingerprint density at radius 2 is 1.84 bits per heavy atom. The molecule has 0 bridgehead atoms. The quantitative estimate of drug-likeness (QED) is 0.241. The predicted octanol–water partition coefficient (Wildman–Crippen LogP) is 3.15. The first-order chi connectivity index (χ1) is 14.3. The zero-order valence-electron chi connectivity index (χ0n) is 19.2. The number of guanidine groups is 1. The van der Waals surface area contributed by atoms with Crippen LogP contribution in [-0.2, 0) is 11.3 Å². The number of halogens is 1. The van der Waals surface area contributed by atoms with E-state index in [2.05, 4.69) is 26.3 Å². The predicted molar refractivity (Wildman–Crippen MR) is 137 cm³/mol. The lowest BCUT2D eigenvalue weighted by atomic mass is 10.2. The van der Waals surface area contributed by atoms with Gasteiger partial charge in [0, 0.05) is 43.3 Å². The molecule has 1 saturated heterocycles. The average molecular weight is 544 g/mol. The summed E-state index contributed by atoms with van der Waals surface area (Å²) in [7, 11) is 0. The van der Waals surface area contributed by atoms with Crippen molar-refractivity contribution in [1.29, 1.82) is 0 Å². The number of aliphatic imine (C=N–C) groups is 1. The van der Waals surface area contributed by atoms with Crippen molar-refractivity contribution in [3.8, 4) is 0 Å². The number of urea groups is 1. The molecular formula is C22H37IN6O2. The number of carbonyl (C=O) groups excluding carboxylic acids is 2. The van der Waals surface area contributed by atoms with Crippen LogP contribution < -0.4 is 21.3 Å². The Bertz CT molecular complexity index is 736. The third-order valence-corrected chi connectivity index (χ3v) is 4.73. The van der Waals surface area contributed by atoms with Gasteiger partial charge in [0.25, 0.3) is 0 Å². The van der Waals surface area contributed by atoms with E-state index < -0.39 is 0 Å². The van der Waals surface area contributed by atoms with Crippen molar-refractivity contribution in [1.82, 2.24) is 20.9 Å². The summed E-state index contributed by atoms with van der Waals surface area (Å²) in [6.45, 7) is 12.5. The molecule has 1 aromatic carbocycles. The molecule has 1 fully saturated rings. The van der Waals surface area contributed by atoms with Crippen molar-refractivity contribution in [3.63, 3.8) is 0 Å². The van der Waals surface area contributed by atoms with Gasteiger partial charge < -0.3 is 26.2 Å². The Labute approximate surface area is 203 Å². The molecule has 2 rings (SSSR count). The van der Waals surface area contributed by atoms with Crippen molar-refractivity contribution in [2.24, 2.45) is 10.9 Å². The van der Waals surface area contributed by atoms with Crippen molar-refractivity contribution in [3.05, 3.63) is 29.8 Å². The van der Waals surface area contributed by atoms with Crippen LogP contribution in [0, 0.1) is 5.92 Å². The van der Waals surface area contributed by atoms with Crippen molar-refractivity contribution >= 4 is 47.6 Å². The number of nitrogens with one attached hydrogen (secondary N) is 4. The normalized spacial score (nSPS) is 16.2. The second kappa shape index (κ2) is 13.4. The van der Waals surface area contributed by atoms with Gasteiger partial charge >= 0.3 is 6.03 Å². The number of likely N-dealkylation sites (tertiary alicyclic amines) is 1. The highest BCUT2D eigenvalue weighted by Gasteiger charge is 2.27. The van der Waals surface area contributed by atoms with Crippen LogP contribution in [0.15, 0.2) is 29.3 Å². The van der Waals surface area contributed by atoms with E-state index in [0.29, 0.717) is 13.1 Å². The van der Waals surface area contributed by atoms with Crippen LogP contribution in [0.4, 0.5) is 10.5 Å². The minimum absolute atomic E-state index is 0. The number of benzene rings is 1. The number of hydrogen-bond acceptors (Lipinski definition) is 3. The first kappa shape index (κ1) is 27.0. The molecule has 3 amide bonds.